The molecule has 3 aliphatic heterocycles. The molecule has 0 saturated carbocycles. The predicted molar refractivity (Wildman–Crippen MR) is 118 cm³/mol. The molecular formula is C22H31N5OS. The van der Waals surface area contributed by atoms with E-state index in [1.165, 1.54) is 29.8 Å². The number of fused-ring (bicyclic) bond motifs is 4. The van der Waals surface area contributed by atoms with Gasteiger partial charge in [0.25, 0.3) is 5.56 Å². The zero-order valence-electron chi connectivity index (χ0n) is 17.5. The molecule has 5 heterocycles. The topological polar surface area (TPSA) is 44.6 Å². The second-order valence-electron chi connectivity index (χ2n) is 9.18. The van der Waals surface area contributed by atoms with E-state index in [2.05, 4.69) is 36.4 Å². The van der Waals surface area contributed by atoms with Crippen LogP contribution in [0.5, 0.6) is 0 Å². The molecule has 0 aromatic carbocycles. The third-order valence-corrected chi connectivity index (χ3v) is 7.80. The van der Waals surface area contributed by atoms with Crippen LogP contribution >= 0.6 is 11.3 Å². The van der Waals surface area contributed by atoms with Crippen LogP contribution in [0, 0.1) is 5.92 Å². The van der Waals surface area contributed by atoms with Crippen molar-refractivity contribution in [3.05, 3.63) is 44.8 Å². The van der Waals surface area contributed by atoms with Crippen LogP contribution in [-0.2, 0) is 19.6 Å². The zero-order valence-corrected chi connectivity index (χ0v) is 18.3. The Morgan fingerprint density at radius 3 is 2.69 bits per heavy atom. The van der Waals surface area contributed by atoms with Crippen molar-refractivity contribution in [1.29, 1.82) is 0 Å². The number of anilines is 1. The first kappa shape index (κ1) is 19.3. The highest BCUT2D eigenvalue weighted by Crippen LogP contribution is 2.36. The maximum atomic E-state index is 13.2. The van der Waals surface area contributed by atoms with Crippen LogP contribution in [0.2, 0.25) is 0 Å². The molecule has 2 aromatic rings. The number of thiazole rings is 1. The van der Waals surface area contributed by atoms with Gasteiger partial charge in [-0.2, -0.15) is 0 Å². The average molecular weight is 414 g/mol. The van der Waals surface area contributed by atoms with Gasteiger partial charge in [-0.25, -0.2) is 4.98 Å². The van der Waals surface area contributed by atoms with Gasteiger partial charge in [0.15, 0.2) is 5.13 Å². The normalized spacial score (nSPS) is 24.6. The highest BCUT2D eigenvalue weighted by molar-refractivity contribution is 7.15. The molecule has 2 aromatic heterocycles. The lowest BCUT2D eigenvalue weighted by molar-refractivity contribution is 0.115. The molecular weight excluding hydrogens is 382 g/mol. The number of hydrogen-bond acceptors (Lipinski definition) is 6. The van der Waals surface area contributed by atoms with E-state index in [1.54, 1.807) is 11.3 Å². The molecule has 3 aliphatic rings. The Hall–Kier alpha value is -1.70. The fourth-order valence-corrected chi connectivity index (χ4v) is 6.19. The second kappa shape index (κ2) is 7.85. The minimum atomic E-state index is 0.260. The number of pyridine rings is 1. The first-order valence-electron chi connectivity index (χ1n) is 10.9. The molecule has 5 rings (SSSR count). The SMILES string of the molecule is CN(C)c1ncc(CN2C[C@@H]3C[C@H](C2)c2ccc(CN4CCCC4)c(=O)n2C3)s1. The molecule has 29 heavy (non-hydrogen) atoms. The molecule has 7 heteroatoms. The molecule has 2 bridgehead atoms. The van der Waals surface area contributed by atoms with Gasteiger partial charge in [0, 0.05) is 75.1 Å². The van der Waals surface area contributed by atoms with E-state index in [0.29, 0.717) is 11.8 Å². The summed E-state index contributed by atoms with van der Waals surface area (Å²) in [6, 6.07) is 4.35. The highest BCUT2D eigenvalue weighted by Gasteiger charge is 2.35. The van der Waals surface area contributed by atoms with E-state index in [9.17, 15) is 4.79 Å². The zero-order chi connectivity index (χ0) is 20.0. The van der Waals surface area contributed by atoms with Crippen molar-refractivity contribution in [3.8, 4) is 0 Å². The Balaban J connectivity index is 1.32. The highest BCUT2D eigenvalue weighted by atomic mass is 32.1. The summed E-state index contributed by atoms with van der Waals surface area (Å²) in [6.45, 7) is 7.05. The lowest BCUT2D eigenvalue weighted by Gasteiger charge is -2.42. The summed E-state index contributed by atoms with van der Waals surface area (Å²) in [5.41, 5.74) is 2.49. The van der Waals surface area contributed by atoms with Crippen molar-refractivity contribution in [3.63, 3.8) is 0 Å². The monoisotopic (exact) mass is 413 g/mol. The van der Waals surface area contributed by atoms with E-state index in [4.69, 9.17) is 0 Å². The van der Waals surface area contributed by atoms with Gasteiger partial charge in [-0.05, 0) is 44.3 Å². The van der Waals surface area contributed by atoms with Gasteiger partial charge in [0.05, 0.1) is 0 Å². The van der Waals surface area contributed by atoms with Gasteiger partial charge in [-0.15, -0.1) is 11.3 Å². The maximum absolute atomic E-state index is 13.2. The van der Waals surface area contributed by atoms with E-state index in [-0.39, 0.29) is 5.56 Å². The Labute approximate surface area is 176 Å². The number of piperidine rings is 1. The van der Waals surface area contributed by atoms with Crippen LogP contribution in [0.3, 0.4) is 0 Å². The predicted octanol–water partition coefficient (Wildman–Crippen LogP) is 2.59. The quantitative estimate of drug-likeness (QED) is 0.754. The summed E-state index contributed by atoms with van der Waals surface area (Å²) in [5.74, 6) is 1.04. The minimum absolute atomic E-state index is 0.260. The number of likely N-dealkylation sites (tertiary alicyclic amines) is 2. The van der Waals surface area contributed by atoms with E-state index in [0.717, 1.165) is 56.5 Å². The standard InChI is InChI=1S/C22H31N5OS/c1-24(2)22-23-10-19(29-22)15-26-11-16-9-18(14-26)20-6-5-17(21(28)27(20)12-16)13-25-7-3-4-8-25/h5-6,10,16,18H,3-4,7-9,11-15H2,1-2H3/t16-,18+/m0/s1. The molecule has 0 radical (unpaired) electrons. The Kier molecular flexibility index (Phi) is 5.22. The lowest BCUT2D eigenvalue weighted by atomic mass is 9.83. The van der Waals surface area contributed by atoms with Crippen molar-refractivity contribution in [2.75, 3.05) is 45.2 Å². The minimum Gasteiger partial charge on any atom is -0.354 e. The summed E-state index contributed by atoms with van der Waals surface area (Å²) in [7, 11) is 4.08. The van der Waals surface area contributed by atoms with Crippen LogP contribution < -0.4 is 10.5 Å². The third-order valence-electron chi connectivity index (χ3n) is 6.65. The van der Waals surface area contributed by atoms with Crippen molar-refractivity contribution < 1.29 is 0 Å². The first-order chi connectivity index (χ1) is 14.1. The van der Waals surface area contributed by atoms with E-state index < -0.39 is 0 Å². The van der Waals surface area contributed by atoms with E-state index >= 15 is 0 Å². The molecule has 6 nitrogen and oxygen atoms in total. The van der Waals surface area contributed by atoms with Crippen LogP contribution in [-0.4, -0.2) is 59.6 Å². The summed E-state index contributed by atoms with van der Waals surface area (Å²) >= 11 is 1.78. The van der Waals surface area contributed by atoms with Gasteiger partial charge < -0.3 is 9.47 Å². The number of aromatic nitrogens is 2. The van der Waals surface area contributed by atoms with E-state index in [1.807, 2.05) is 20.3 Å². The van der Waals surface area contributed by atoms with Crippen molar-refractivity contribution >= 4 is 16.5 Å². The number of nitrogens with zero attached hydrogens (tertiary/aromatic N) is 5. The Bertz CT molecular complexity index is 930. The molecule has 0 spiro atoms. The van der Waals surface area contributed by atoms with Crippen LogP contribution in [0.4, 0.5) is 5.13 Å². The van der Waals surface area contributed by atoms with Crippen molar-refractivity contribution in [2.45, 2.75) is 44.8 Å². The first-order valence-corrected chi connectivity index (χ1v) is 11.7. The Morgan fingerprint density at radius 1 is 1.10 bits per heavy atom. The van der Waals surface area contributed by atoms with Gasteiger partial charge in [-0.1, -0.05) is 6.07 Å². The molecule has 0 aliphatic carbocycles. The summed E-state index contributed by atoms with van der Waals surface area (Å²) in [5, 5.41) is 1.07. The van der Waals surface area contributed by atoms with Crippen LogP contribution in [0.1, 0.15) is 41.3 Å². The van der Waals surface area contributed by atoms with Crippen LogP contribution in [0.25, 0.3) is 0 Å². The molecule has 156 valence electrons. The van der Waals surface area contributed by atoms with Crippen molar-refractivity contribution in [2.24, 2.45) is 5.92 Å². The summed E-state index contributed by atoms with van der Waals surface area (Å²) in [6.07, 6.45) is 5.77. The second-order valence-corrected chi connectivity index (χ2v) is 10.3. The lowest BCUT2D eigenvalue weighted by Crippen LogP contribution is -2.47. The molecule has 0 N–H and O–H groups in total. The van der Waals surface area contributed by atoms with Gasteiger partial charge >= 0.3 is 0 Å². The smallest absolute Gasteiger partial charge is 0.255 e. The largest absolute Gasteiger partial charge is 0.354 e. The van der Waals surface area contributed by atoms with Crippen LogP contribution in [0.15, 0.2) is 23.1 Å². The fourth-order valence-electron chi connectivity index (χ4n) is 5.32. The number of rotatable bonds is 5. The summed E-state index contributed by atoms with van der Waals surface area (Å²) in [4.78, 5) is 26.1. The molecule has 0 unspecified atom stereocenters. The van der Waals surface area contributed by atoms with Gasteiger partial charge in [0.2, 0.25) is 0 Å². The fraction of sp³-hybridized carbons (Fsp3) is 0.636. The average Bonchev–Trinajstić information content (AvgIpc) is 3.36. The third kappa shape index (κ3) is 3.88. The van der Waals surface area contributed by atoms with Gasteiger partial charge in [0.1, 0.15) is 0 Å². The molecule has 2 atom stereocenters. The van der Waals surface area contributed by atoms with Gasteiger partial charge in [-0.3, -0.25) is 14.6 Å². The maximum Gasteiger partial charge on any atom is 0.255 e. The van der Waals surface area contributed by atoms with Crippen molar-refractivity contribution in [1.82, 2.24) is 19.4 Å². The molecule has 2 saturated heterocycles. The number of hydrogen-bond donors (Lipinski definition) is 0. The summed E-state index contributed by atoms with van der Waals surface area (Å²) < 4.78 is 2.11. The Morgan fingerprint density at radius 2 is 1.93 bits per heavy atom. The molecule has 0 amide bonds. The molecule has 2 fully saturated rings.